The van der Waals surface area contributed by atoms with Gasteiger partial charge in [-0.25, -0.2) is 5.43 Å². The number of phenols is 3. The summed E-state index contributed by atoms with van der Waals surface area (Å²) in [5, 5.41) is 37.4. The summed E-state index contributed by atoms with van der Waals surface area (Å²) in [6, 6.07) is 2.39. The highest BCUT2D eigenvalue weighted by Gasteiger charge is 2.37. The summed E-state index contributed by atoms with van der Waals surface area (Å²) in [6.07, 6.45) is 0.835. The third kappa shape index (κ3) is 3.07. The van der Waals surface area contributed by atoms with E-state index in [9.17, 15) is 25.2 Å². The van der Waals surface area contributed by atoms with E-state index in [-0.39, 0.29) is 12.8 Å². The van der Waals surface area contributed by atoms with Gasteiger partial charge in [0.1, 0.15) is 5.54 Å². The van der Waals surface area contributed by atoms with Crippen LogP contribution in [0.1, 0.15) is 25.3 Å². The van der Waals surface area contributed by atoms with Gasteiger partial charge in [-0.05, 0) is 24.1 Å². The lowest BCUT2D eigenvalue weighted by Crippen LogP contribution is -2.57. The maximum absolute atomic E-state index is 11.4. The van der Waals surface area contributed by atoms with Crippen LogP contribution in [0.4, 0.5) is 0 Å². The zero-order valence-corrected chi connectivity index (χ0v) is 10.6. The van der Waals surface area contributed by atoms with Crippen molar-refractivity contribution in [2.24, 2.45) is 5.84 Å². The van der Waals surface area contributed by atoms with Crippen LogP contribution in [0.25, 0.3) is 0 Å². The van der Waals surface area contributed by atoms with Crippen LogP contribution in [0.2, 0.25) is 0 Å². The maximum atomic E-state index is 11.4. The van der Waals surface area contributed by atoms with Gasteiger partial charge in [-0.3, -0.25) is 10.6 Å². The smallest absolute Gasteiger partial charge is 0.325 e. The third-order valence-corrected chi connectivity index (χ3v) is 3.00. The molecule has 0 spiro atoms. The lowest BCUT2D eigenvalue weighted by molar-refractivity contribution is -0.145. The molecule has 0 saturated heterocycles. The van der Waals surface area contributed by atoms with Gasteiger partial charge in [0.25, 0.3) is 0 Å². The van der Waals surface area contributed by atoms with Crippen molar-refractivity contribution in [3.05, 3.63) is 17.7 Å². The Morgan fingerprint density at radius 1 is 1.32 bits per heavy atom. The molecular formula is C12H18N2O5. The van der Waals surface area contributed by atoms with Gasteiger partial charge in [-0.2, -0.15) is 0 Å². The van der Waals surface area contributed by atoms with Gasteiger partial charge < -0.3 is 20.4 Å². The van der Waals surface area contributed by atoms with Crippen molar-refractivity contribution in [3.63, 3.8) is 0 Å². The van der Waals surface area contributed by atoms with Gasteiger partial charge in [-0.1, -0.05) is 13.3 Å². The second-order valence-corrected chi connectivity index (χ2v) is 4.44. The van der Waals surface area contributed by atoms with Gasteiger partial charge >= 0.3 is 5.97 Å². The van der Waals surface area contributed by atoms with E-state index in [1.165, 1.54) is 12.1 Å². The number of rotatable bonds is 6. The molecule has 0 heterocycles. The minimum absolute atomic E-state index is 0.0337. The molecule has 1 unspecified atom stereocenters. The molecule has 0 amide bonds. The minimum atomic E-state index is -1.38. The van der Waals surface area contributed by atoms with Gasteiger partial charge in [0, 0.05) is 6.42 Å². The molecular weight excluding hydrogens is 252 g/mol. The number of hydrogen-bond donors (Lipinski definition) is 6. The first kappa shape index (κ1) is 15.1. The number of phenolic OH excluding ortho intramolecular Hbond substituents is 3. The van der Waals surface area contributed by atoms with Crippen molar-refractivity contribution in [1.82, 2.24) is 5.43 Å². The third-order valence-electron chi connectivity index (χ3n) is 3.00. The monoisotopic (exact) mass is 270 g/mol. The molecule has 1 aromatic carbocycles. The molecule has 0 aromatic heterocycles. The molecule has 7 N–H and O–H groups in total. The first-order valence-electron chi connectivity index (χ1n) is 5.81. The van der Waals surface area contributed by atoms with E-state index in [4.69, 9.17) is 5.84 Å². The second-order valence-electron chi connectivity index (χ2n) is 4.44. The van der Waals surface area contributed by atoms with Crippen molar-refractivity contribution >= 4 is 5.97 Å². The number of carboxylic acid groups (broad SMARTS) is 1. The van der Waals surface area contributed by atoms with E-state index < -0.39 is 28.8 Å². The molecule has 0 bridgehead atoms. The normalized spacial score (nSPS) is 14.0. The summed E-state index contributed by atoms with van der Waals surface area (Å²) in [6.45, 7) is 1.82. The lowest BCUT2D eigenvalue weighted by Gasteiger charge is -2.28. The highest BCUT2D eigenvalue weighted by molar-refractivity contribution is 5.79. The molecule has 0 aliphatic rings. The molecule has 0 aliphatic carbocycles. The van der Waals surface area contributed by atoms with E-state index in [2.05, 4.69) is 5.43 Å². The summed E-state index contributed by atoms with van der Waals surface area (Å²) >= 11 is 0. The van der Waals surface area contributed by atoms with Crippen LogP contribution in [0.15, 0.2) is 12.1 Å². The van der Waals surface area contributed by atoms with Crippen LogP contribution in [0, 0.1) is 0 Å². The molecule has 1 atom stereocenters. The summed E-state index contributed by atoms with van der Waals surface area (Å²) in [5.41, 5.74) is 1.26. The van der Waals surface area contributed by atoms with E-state index in [1.807, 2.05) is 6.92 Å². The number of carboxylic acids is 1. The Kier molecular flexibility index (Phi) is 4.57. The standard InChI is InChI=1S/C12H18N2O5/c1-2-3-12(14-13,11(18)19)6-7-4-8(15)10(17)9(16)5-7/h4-5,14-17H,2-3,6,13H2,1H3,(H,18,19). The summed E-state index contributed by atoms with van der Waals surface area (Å²) in [5.74, 6) is 2.56. The summed E-state index contributed by atoms with van der Waals surface area (Å²) in [4.78, 5) is 11.4. The van der Waals surface area contributed by atoms with E-state index in [1.54, 1.807) is 0 Å². The summed E-state index contributed by atoms with van der Waals surface area (Å²) in [7, 11) is 0. The molecule has 0 radical (unpaired) electrons. The molecule has 1 aromatic rings. The Bertz CT molecular complexity index is 454. The van der Waals surface area contributed by atoms with Crippen molar-refractivity contribution < 1.29 is 25.2 Å². The van der Waals surface area contributed by atoms with Gasteiger partial charge in [-0.15, -0.1) is 0 Å². The number of carbonyl (C=O) groups is 1. The average molecular weight is 270 g/mol. The minimum Gasteiger partial charge on any atom is -0.504 e. The van der Waals surface area contributed by atoms with E-state index in [0.29, 0.717) is 12.0 Å². The van der Waals surface area contributed by atoms with Crippen LogP contribution in [0.5, 0.6) is 17.2 Å². The molecule has 1 rings (SSSR count). The Hall–Kier alpha value is -1.99. The van der Waals surface area contributed by atoms with Crippen LogP contribution in [-0.4, -0.2) is 31.9 Å². The Morgan fingerprint density at radius 2 is 1.84 bits per heavy atom. The fourth-order valence-electron chi connectivity index (χ4n) is 1.99. The highest BCUT2D eigenvalue weighted by atomic mass is 16.4. The van der Waals surface area contributed by atoms with E-state index >= 15 is 0 Å². The van der Waals surface area contributed by atoms with Crippen molar-refractivity contribution in [1.29, 1.82) is 0 Å². The van der Waals surface area contributed by atoms with Crippen LogP contribution in [0.3, 0.4) is 0 Å². The predicted octanol–water partition coefficient (Wildman–Crippen LogP) is 0.433. The van der Waals surface area contributed by atoms with E-state index in [0.717, 1.165) is 0 Å². The van der Waals surface area contributed by atoms with Crippen molar-refractivity contribution in [2.75, 3.05) is 0 Å². The lowest BCUT2D eigenvalue weighted by atomic mass is 9.87. The summed E-state index contributed by atoms with van der Waals surface area (Å²) < 4.78 is 0. The molecule has 7 heteroatoms. The SMILES string of the molecule is CCCC(Cc1cc(O)c(O)c(O)c1)(NN)C(=O)O. The fraction of sp³-hybridized carbons (Fsp3) is 0.417. The first-order valence-corrected chi connectivity index (χ1v) is 5.81. The van der Waals surface area contributed by atoms with Crippen LogP contribution < -0.4 is 11.3 Å². The fourth-order valence-corrected chi connectivity index (χ4v) is 1.99. The predicted molar refractivity (Wildman–Crippen MR) is 67.7 cm³/mol. The molecule has 106 valence electrons. The number of nitrogens with two attached hydrogens (primary N) is 1. The maximum Gasteiger partial charge on any atom is 0.325 e. The van der Waals surface area contributed by atoms with Gasteiger partial charge in [0.05, 0.1) is 0 Å². The number of aromatic hydroxyl groups is 3. The number of hydrazine groups is 1. The second kappa shape index (κ2) is 5.77. The Balaban J connectivity index is 3.13. The van der Waals surface area contributed by atoms with Crippen molar-refractivity contribution in [2.45, 2.75) is 31.7 Å². The Labute approximate surface area is 110 Å². The molecule has 0 saturated carbocycles. The zero-order valence-electron chi connectivity index (χ0n) is 10.6. The molecule has 0 fully saturated rings. The topological polar surface area (TPSA) is 136 Å². The highest BCUT2D eigenvalue weighted by Crippen LogP contribution is 2.36. The molecule has 7 nitrogen and oxygen atoms in total. The van der Waals surface area contributed by atoms with Gasteiger partial charge in [0.15, 0.2) is 17.2 Å². The molecule has 0 aliphatic heterocycles. The number of aliphatic carboxylic acids is 1. The van der Waals surface area contributed by atoms with Crippen molar-refractivity contribution in [3.8, 4) is 17.2 Å². The number of hydrogen-bond acceptors (Lipinski definition) is 6. The molecule has 19 heavy (non-hydrogen) atoms. The quantitative estimate of drug-likeness (QED) is 0.250. The van der Waals surface area contributed by atoms with Crippen LogP contribution in [-0.2, 0) is 11.2 Å². The van der Waals surface area contributed by atoms with Gasteiger partial charge in [0.2, 0.25) is 0 Å². The Morgan fingerprint density at radius 3 is 2.21 bits per heavy atom. The first-order chi connectivity index (χ1) is 8.86. The number of nitrogens with one attached hydrogen (secondary N) is 1. The number of benzene rings is 1. The zero-order chi connectivity index (χ0) is 14.6. The average Bonchev–Trinajstić information content (AvgIpc) is 2.34. The largest absolute Gasteiger partial charge is 0.504 e. The van der Waals surface area contributed by atoms with Crippen LogP contribution >= 0.6 is 0 Å².